The quantitative estimate of drug-likeness (QED) is 0.444. The molecule has 1 aliphatic carbocycles. The highest BCUT2D eigenvalue weighted by Crippen LogP contribution is 2.31. The first-order valence-electron chi connectivity index (χ1n) is 9.50. The lowest BCUT2D eigenvalue weighted by Gasteiger charge is -2.11. The minimum absolute atomic E-state index is 0.461. The number of benzene rings is 1. The second-order valence-electron chi connectivity index (χ2n) is 7.09. The Bertz CT molecular complexity index is 1320. The summed E-state index contributed by atoms with van der Waals surface area (Å²) in [6.45, 7) is 0. The van der Waals surface area contributed by atoms with Crippen LogP contribution in [0.2, 0.25) is 0 Å². The zero-order valence-electron chi connectivity index (χ0n) is 15.4. The highest BCUT2D eigenvalue weighted by atomic mass is 32.1. The third kappa shape index (κ3) is 2.98. The number of anilines is 3. The molecule has 7 nitrogen and oxygen atoms in total. The van der Waals surface area contributed by atoms with E-state index in [1.165, 1.54) is 0 Å². The van der Waals surface area contributed by atoms with E-state index in [2.05, 4.69) is 38.1 Å². The Hall–Kier alpha value is -3.52. The van der Waals surface area contributed by atoms with Crippen molar-refractivity contribution >= 4 is 50.9 Å². The Morgan fingerprint density at radius 1 is 1.00 bits per heavy atom. The molecule has 8 heteroatoms. The molecule has 1 aliphatic rings. The zero-order valence-corrected chi connectivity index (χ0v) is 16.2. The molecule has 1 saturated carbocycles. The van der Waals surface area contributed by atoms with Gasteiger partial charge in [-0.1, -0.05) is 24.3 Å². The predicted octanol–water partition coefficient (Wildman–Crippen LogP) is 4.74. The van der Waals surface area contributed by atoms with Crippen LogP contribution < -0.4 is 10.6 Å². The van der Waals surface area contributed by atoms with Crippen molar-refractivity contribution in [3.63, 3.8) is 0 Å². The Morgan fingerprint density at radius 3 is 2.79 bits per heavy atom. The molecular formula is C21H17N7S. The van der Waals surface area contributed by atoms with Gasteiger partial charge < -0.3 is 10.6 Å². The van der Waals surface area contributed by atoms with Gasteiger partial charge in [-0.15, -0.1) is 0 Å². The van der Waals surface area contributed by atoms with Gasteiger partial charge in [0, 0.05) is 23.0 Å². The van der Waals surface area contributed by atoms with Gasteiger partial charge in [0.05, 0.1) is 5.69 Å². The number of nitrogens with one attached hydrogen (secondary N) is 2. The molecule has 6 rings (SSSR count). The van der Waals surface area contributed by atoms with Gasteiger partial charge in [0.2, 0.25) is 5.95 Å². The van der Waals surface area contributed by atoms with Crippen molar-refractivity contribution in [3.05, 3.63) is 59.7 Å². The van der Waals surface area contributed by atoms with Gasteiger partial charge in [0.25, 0.3) is 0 Å². The molecule has 0 amide bonds. The van der Waals surface area contributed by atoms with Gasteiger partial charge in [-0.2, -0.15) is 21.3 Å². The number of pyridine rings is 1. The number of rotatable bonds is 5. The van der Waals surface area contributed by atoms with Gasteiger partial charge in [0.15, 0.2) is 17.0 Å². The molecule has 4 heterocycles. The minimum atomic E-state index is 0.461. The van der Waals surface area contributed by atoms with E-state index in [1.54, 1.807) is 23.9 Å². The summed E-state index contributed by atoms with van der Waals surface area (Å²) in [5.74, 6) is 2.00. The average molecular weight is 399 g/mol. The van der Waals surface area contributed by atoms with Crippen LogP contribution in [0.1, 0.15) is 12.8 Å². The van der Waals surface area contributed by atoms with Crippen molar-refractivity contribution in [1.29, 1.82) is 0 Å². The normalized spacial score (nSPS) is 13.8. The van der Waals surface area contributed by atoms with E-state index in [9.17, 15) is 0 Å². The molecule has 4 aromatic heterocycles. The van der Waals surface area contributed by atoms with Gasteiger partial charge in [-0.25, -0.2) is 9.97 Å². The molecule has 0 radical (unpaired) electrons. The molecule has 0 saturated heterocycles. The van der Waals surface area contributed by atoms with E-state index in [4.69, 9.17) is 9.97 Å². The second-order valence-corrected chi connectivity index (χ2v) is 7.87. The smallest absolute Gasteiger partial charge is 0.232 e. The van der Waals surface area contributed by atoms with E-state index in [-0.39, 0.29) is 0 Å². The van der Waals surface area contributed by atoms with Crippen LogP contribution in [0.5, 0.6) is 0 Å². The molecule has 0 aliphatic heterocycles. The molecule has 0 atom stereocenters. The first kappa shape index (κ1) is 16.4. The Labute approximate surface area is 170 Å². The van der Waals surface area contributed by atoms with Gasteiger partial charge in [0.1, 0.15) is 12.1 Å². The lowest BCUT2D eigenvalue weighted by atomic mass is 10.1. The number of hydrogen-bond acceptors (Lipinski definition) is 7. The van der Waals surface area contributed by atoms with E-state index < -0.39 is 0 Å². The van der Waals surface area contributed by atoms with Crippen LogP contribution in [0, 0.1) is 0 Å². The molecule has 1 aromatic carbocycles. The van der Waals surface area contributed by atoms with Gasteiger partial charge in [-0.05, 0) is 35.7 Å². The van der Waals surface area contributed by atoms with E-state index in [1.807, 2.05) is 34.2 Å². The van der Waals surface area contributed by atoms with Crippen molar-refractivity contribution in [2.75, 3.05) is 10.6 Å². The van der Waals surface area contributed by atoms with Crippen LogP contribution in [0.15, 0.2) is 59.7 Å². The summed E-state index contributed by atoms with van der Waals surface area (Å²) in [6.07, 6.45) is 5.91. The zero-order chi connectivity index (χ0) is 19.2. The third-order valence-electron chi connectivity index (χ3n) is 5.00. The number of aromatic nitrogens is 5. The van der Waals surface area contributed by atoms with Crippen molar-refractivity contribution in [3.8, 4) is 5.69 Å². The Balaban J connectivity index is 1.49. The Kier molecular flexibility index (Phi) is 3.70. The average Bonchev–Trinajstić information content (AvgIpc) is 3.22. The topological polar surface area (TPSA) is 80.5 Å². The number of nitrogens with zero attached hydrogens (tertiary/aromatic N) is 5. The fraction of sp³-hybridized carbons (Fsp3) is 0.143. The van der Waals surface area contributed by atoms with Crippen LogP contribution in [0.3, 0.4) is 0 Å². The minimum Gasteiger partial charge on any atom is -0.365 e. The molecular weight excluding hydrogens is 382 g/mol. The van der Waals surface area contributed by atoms with Gasteiger partial charge in [-0.3, -0.25) is 4.57 Å². The summed E-state index contributed by atoms with van der Waals surface area (Å²) in [5.41, 5.74) is 2.59. The molecule has 0 bridgehead atoms. The fourth-order valence-corrected chi connectivity index (χ4v) is 4.01. The van der Waals surface area contributed by atoms with E-state index >= 15 is 0 Å². The van der Waals surface area contributed by atoms with Crippen molar-refractivity contribution in [2.24, 2.45) is 0 Å². The summed E-state index contributed by atoms with van der Waals surface area (Å²) in [4.78, 5) is 18.6. The summed E-state index contributed by atoms with van der Waals surface area (Å²) < 4.78 is 1.99. The number of hydrogen-bond donors (Lipinski definition) is 2. The molecule has 0 spiro atoms. The summed E-state index contributed by atoms with van der Waals surface area (Å²) in [6, 6.07) is 12.6. The lowest BCUT2D eigenvalue weighted by Crippen LogP contribution is -2.08. The van der Waals surface area contributed by atoms with Crippen molar-refractivity contribution in [2.45, 2.75) is 18.9 Å². The van der Waals surface area contributed by atoms with Crippen LogP contribution >= 0.6 is 11.3 Å². The molecule has 142 valence electrons. The fourth-order valence-electron chi connectivity index (χ4n) is 3.39. The maximum Gasteiger partial charge on any atom is 0.232 e. The first-order valence-corrected chi connectivity index (χ1v) is 10.4. The highest BCUT2D eigenvalue weighted by Gasteiger charge is 2.24. The first-order chi connectivity index (χ1) is 14.3. The second kappa shape index (κ2) is 6.52. The molecule has 5 aromatic rings. The van der Waals surface area contributed by atoms with Crippen LogP contribution in [0.25, 0.3) is 27.6 Å². The largest absolute Gasteiger partial charge is 0.365 e. The molecule has 2 N–H and O–H groups in total. The van der Waals surface area contributed by atoms with Crippen LogP contribution in [-0.4, -0.2) is 30.5 Å². The number of thiophene rings is 1. The highest BCUT2D eigenvalue weighted by molar-refractivity contribution is 7.08. The third-order valence-corrected chi connectivity index (χ3v) is 5.67. The van der Waals surface area contributed by atoms with E-state index in [0.29, 0.717) is 12.0 Å². The van der Waals surface area contributed by atoms with E-state index in [0.717, 1.165) is 52.1 Å². The summed E-state index contributed by atoms with van der Waals surface area (Å²) >= 11 is 1.65. The predicted molar refractivity (Wildman–Crippen MR) is 116 cm³/mol. The summed E-state index contributed by atoms with van der Waals surface area (Å²) in [7, 11) is 0. The number of imidazole rings is 1. The molecule has 1 fully saturated rings. The van der Waals surface area contributed by atoms with Crippen molar-refractivity contribution < 1.29 is 0 Å². The maximum atomic E-state index is 4.78. The summed E-state index contributed by atoms with van der Waals surface area (Å²) in [5, 5.41) is 13.1. The monoisotopic (exact) mass is 399 g/mol. The van der Waals surface area contributed by atoms with Crippen molar-refractivity contribution in [1.82, 2.24) is 24.5 Å². The molecule has 0 unspecified atom stereocenters. The standard InChI is InChI=1S/C21H17N7S/c1-2-4-16-13(3-1)7-9-22-18(16)25-21-26-19(24-14-5-6-14)17-20(27-21)28(12-23-17)15-8-10-29-11-15/h1-4,7-12,14H,5-6H2,(H2,22,24,25,26,27). The number of fused-ring (bicyclic) bond motifs is 2. The SMILES string of the molecule is c1ccc2c(Nc3nc(NC4CC4)c4ncn(-c5ccsc5)c4n3)nccc2c1. The van der Waals surface area contributed by atoms with Crippen LogP contribution in [0.4, 0.5) is 17.6 Å². The Morgan fingerprint density at radius 2 is 1.93 bits per heavy atom. The van der Waals surface area contributed by atoms with Gasteiger partial charge >= 0.3 is 0 Å². The maximum absolute atomic E-state index is 4.78. The lowest BCUT2D eigenvalue weighted by molar-refractivity contribution is 1.06. The molecule has 29 heavy (non-hydrogen) atoms. The van der Waals surface area contributed by atoms with Crippen LogP contribution in [-0.2, 0) is 0 Å².